The van der Waals surface area contributed by atoms with Gasteiger partial charge in [-0.05, 0) is 44.0 Å². The van der Waals surface area contributed by atoms with Gasteiger partial charge in [0.1, 0.15) is 11.8 Å². The average Bonchev–Trinajstić information content (AvgIpc) is 2.85. The van der Waals surface area contributed by atoms with E-state index in [4.69, 9.17) is 27.9 Å². The van der Waals surface area contributed by atoms with Gasteiger partial charge >= 0.3 is 0 Å². The average molecular weight is 573 g/mol. The molecule has 1 atom stereocenters. The van der Waals surface area contributed by atoms with Gasteiger partial charge in [-0.3, -0.25) is 13.9 Å². The van der Waals surface area contributed by atoms with E-state index in [1.54, 1.807) is 49.4 Å². The second-order valence-electron chi connectivity index (χ2n) is 8.68. The first-order valence-electron chi connectivity index (χ1n) is 12.1. The Labute approximate surface area is 229 Å². The molecule has 0 aliphatic carbocycles. The van der Waals surface area contributed by atoms with Gasteiger partial charge < -0.3 is 15.0 Å². The number of ether oxygens (including phenoxy) is 1. The molecule has 0 aliphatic rings. The van der Waals surface area contributed by atoms with Gasteiger partial charge in [-0.1, -0.05) is 48.7 Å². The molecule has 0 fully saturated rings. The molecule has 204 valence electrons. The summed E-state index contributed by atoms with van der Waals surface area (Å²) in [6.45, 7) is 4.32. The Morgan fingerprint density at radius 1 is 1.08 bits per heavy atom. The first-order valence-corrected chi connectivity index (χ1v) is 14.7. The fraction of sp³-hybridized carbons (Fsp3) is 0.462. The van der Waals surface area contributed by atoms with E-state index in [0.717, 1.165) is 19.1 Å². The van der Waals surface area contributed by atoms with Gasteiger partial charge in [0.15, 0.2) is 0 Å². The van der Waals surface area contributed by atoms with E-state index in [9.17, 15) is 18.0 Å². The van der Waals surface area contributed by atoms with Gasteiger partial charge in [-0.2, -0.15) is 0 Å². The number of unbranched alkanes of at least 4 members (excludes halogenated alkanes) is 1. The van der Waals surface area contributed by atoms with E-state index in [1.807, 2.05) is 6.92 Å². The summed E-state index contributed by atoms with van der Waals surface area (Å²) in [6.07, 6.45) is 3.12. The van der Waals surface area contributed by atoms with Crippen LogP contribution in [0, 0.1) is 0 Å². The molecule has 0 aromatic heterocycles. The number of sulfonamides is 1. The summed E-state index contributed by atoms with van der Waals surface area (Å²) in [5.74, 6) is -0.0692. The number of amides is 2. The summed E-state index contributed by atoms with van der Waals surface area (Å²) in [4.78, 5) is 27.6. The Hall–Kier alpha value is -2.49. The van der Waals surface area contributed by atoms with Crippen molar-refractivity contribution in [1.29, 1.82) is 0 Å². The maximum atomic E-state index is 13.4. The topological polar surface area (TPSA) is 96.0 Å². The minimum atomic E-state index is -3.61. The van der Waals surface area contributed by atoms with Crippen LogP contribution in [0.5, 0.6) is 5.75 Å². The third-order valence-electron chi connectivity index (χ3n) is 5.88. The normalized spacial score (nSPS) is 12.1. The maximum Gasteiger partial charge on any atom is 0.242 e. The van der Waals surface area contributed by atoms with Crippen LogP contribution in [-0.2, 0) is 26.2 Å². The monoisotopic (exact) mass is 571 g/mol. The molecule has 2 aromatic rings. The van der Waals surface area contributed by atoms with Crippen LogP contribution in [-0.4, -0.2) is 57.6 Å². The number of methoxy groups -OCH3 is 1. The van der Waals surface area contributed by atoms with Crippen LogP contribution in [0.25, 0.3) is 0 Å². The van der Waals surface area contributed by atoms with Crippen LogP contribution in [0.3, 0.4) is 0 Å². The second kappa shape index (κ2) is 14.4. The number of carbonyl (C=O) groups is 2. The van der Waals surface area contributed by atoms with E-state index in [1.165, 1.54) is 16.3 Å². The summed E-state index contributed by atoms with van der Waals surface area (Å²) in [6, 6.07) is 11.0. The van der Waals surface area contributed by atoms with Crippen LogP contribution < -0.4 is 14.4 Å². The third-order valence-corrected chi connectivity index (χ3v) is 7.78. The molecule has 8 nitrogen and oxygen atoms in total. The van der Waals surface area contributed by atoms with E-state index in [-0.39, 0.29) is 37.7 Å². The van der Waals surface area contributed by atoms with Crippen molar-refractivity contribution < 1.29 is 22.7 Å². The van der Waals surface area contributed by atoms with Gasteiger partial charge in [-0.15, -0.1) is 0 Å². The van der Waals surface area contributed by atoms with E-state index < -0.39 is 16.1 Å². The molecular weight excluding hydrogens is 537 g/mol. The highest BCUT2D eigenvalue weighted by Crippen LogP contribution is 2.27. The number of nitrogens with zero attached hydrogens (tertiary/aromatic N) is 2. The smallest absolute Gasteiger partial charge is 0.242 e. The van der Waals surface area contributed by atoms with E-state index in [0.29, 0.717) is 33.6 Å². The van der Waals surface area contributed by atoms with Crippen LogP contribution >= 0.6 is 23.2 Å². The van der Waals surface area contributed by atoms with Gasteiger partial charge in [0.25, 0.3) is 0 Å². The number of hydrogen-bond acceptors (Lipinski definition) is 5. The van der Waals surface area contributed by atoms with Gasteiger partial charge in [-0.25, -0.2) is 8.42 Å². The highest BCUT2D eigenvalue weighted by atomic mass is 35.5. The molecule has 0 heterocycles. The third kappa shape index (κ3) is 9.09. The van der Waals surface area contributed by atoms with Crippen molar-refractivity contribution in [2.45, 2.75) is 52.1 Å². The lowest BCUT2D eigenvalue weighted by molar-refractivity contribution is -0.140. The SMILES string of the molecule is CCCCNC(=O)[C@H](C)N(Cc1c(Cl)cccc1Cl)C(=O)CCCN(c1cccc(OC)c1)S(C)(=O)=O. The predicted octanol–water partition coefficient (Wildman–Crippen LogP) is 4.88. The van der Waals surface area contributed by atoms with Gasteiger partial charge in [0, 0.05) is 47.7 Å². The molecular formula is C26H35Cl2N3O5S. The molecule has 37 heavy (non-hydrogen) atoms. The molecule has 0 bridgehead atoms. The Morgan fingerprint density at radius 2 is 1.73 bits per heavy atom. The minimum absolute atomic E-state index is 0.0185. The molecule has 2 rings (SSSR count). The van der Waals surface area contributed by atoms with Crippen LogP contribution in [0.2, 0.25) is 10.0 Å². The molecule has 0 saturated carbocycles. The zero-order valence-corrected chi connectivity index (χ0v) is 24.0. The molecule has 2 aromatic carbocycles. The van der Waals surface area contributed by atoms with Crippen molar-refractivity contribution >= 4 is 50.7 Å². The quantitative estimate of drug-likeness (QED) is 0.326. The maximum absolute atomic E-state index is 13.4. The first kappa shape index (κ1) is 30.7. The molecule has 11 heteroatoms. The molecule has 0 aliphatic heterocycles. The number of hydrogen-bond donors (Lipinski definition) is 1. The molecule has 0 unspecified atom stereocenters. The van der Waals surface area contributed by atoms with Crippen molar-refractivity contribution in [2.24, 2.45) is 0 Å². The summed E-state index contributed by atoms with van der Waals surface area (Å²) in [5.41, 5.74) is 0.985. The fourth-order valence-electron chi connectivity index (χ4n) is 3.74. The Balaban J connectivity index is 2.21. The van der Waals surface area contributed by atoms with Crippen LogP contribution in [0.4, 0.5) is 5.69 Å². The Morgan fingerprint density at radius 3 is 2.32 bits per heavy atom. The van der Waals surface area contributed by atoms with Crippen molar-refractivity contribution in [3.05, 3.63) is 58.1 Å². The molecule has 0 radical (unpaired) electrons. The van der Waals surface area contributed by atoms with E-state index in [2.05, 4.69) is 5.32 Å². The summed E-state index contributed by atoms with van der Waals surface area (Å²) in [7, 11) is -2.11. The summed E-state index contributed by atoms with van der Waals surface area (Å²) < 4.78 is 31.4. The standard InChI is InChI=1S/C26H35Cl2N3O5S/c1-5-6-15-29-26(33)19(2)30(18-22-23(27)12-8-13-24(22)28)25(32)14-9-16-31(37(4,34)35)20-10-7-11-21(17-20)36-3/h7-8,10-13,17,19H,5-6,9,14-16,18H2,1-4H3,(H,29,33)/t19-/m0/s1. The highest BCUT2D eigenvalue weighted by Gasteiger charge is 2.27. The van der Waals surface area contributed by atoms with Crippen molar-refractivity contribution in [3.63, 3.8) is 0 Å². The van der Waals surface area contributed by atoms with Crippen LogP contribution in [0.1, 0.15) is 45.1 Å². The number of anilines is 1. The Kier molecular flexibility index (Phi) is 12.0. The minimum Gasteiger partial charge on any atom is -0.497 e. The first-order chi connectivity index (χ1) is 17.5. The zero-order chi connectivity index (χ0) is 27.6. The molecule has 0 spiro atoms. The highest BCUT2D eigenvalue weighted by molar-refractivity contribution is 7.92. The number of halogens is 2. The number of nitrogens with one attached hydrogen (secondary N) is 1. The van der Waals surface area contributed by atoms with Gasteiger partial charge in [0.05, 0.1) is 19.1 Å². The summed E-state index contributed by atoms with van der Waals surface area (Å²) in [5, 5.41) is 3.65. The lowest BCUT2D eigenvalue weighted by atomic mass is 10.1. The molecule has 1 N–H and O–H groups in total. The van der Waals surface area contributed by atoms with Crippen molar-refractivity contribution in [1.82, 2.24) is 10.2 Å². The van der Waals surface area contributed by atoms with Crippen molar-refractivity contribution in [2.75, 3.05) is 30.8 Å². The number of rotatable bonds is 14. The molecule has 0 saturated heterocycles. The van der Waals surface area contributed by atoms with Gasteiger partial charge in [0.2, 0.25) is 21.8 Å². The van der Waals surface area contributed by atoms with E-state index >= 15 is 0 Å². The number of carbonyl (C=O) groups excluding carboxylic acids is 2. The second-order valence-corrected chi connectivity index (χ2v) is 11.4. The number of benzene rings is 2. The van der Waals surface area contributed by atoms with Crippen molar-refractivity contribution in [3.8, 4) is 5.75 Å². The lowest BCUT2D eigenvalue weighted by Gasteiger charge is -2.30. The fourth-order valence-corrected chi connectivity index (χ4v) is 5.22. The predicted molar refractivity (Wildman–Crippen MR) is 149 cm³/mol. The Bertz CT molecular complexity index is 1160. The largest absolute Gasteiger partial charge is 0.497 e. The lowest BCUT2D eigenvalue weighted by Crippen LogP contribution is -2.48. The summed E-state index contributed by atoms with van der Waals surface area (Å²) >= 11 is 12.7. The zero-order valence-electron chi connectivity index (χ0n) is 21.7. The van der Waals surface area contributed by atoms with Crippen LogP contribution in [0.15, 0.2) is 42.5 Å². The molecule has 2 amide bonds.